The lowest BCUT2D eigenvalue weighted by atomic mass is 10.1. The second-order valence-electron chi connectivity index (χ2n) is 3.70. The summed E-state index contributed by atoms with van der Waals surface area (Å²) in [6.07, 6.45) is 3.92. The van der Waals surface area contributed by atoms with Gasteiger partial charge in [0.25, 0.3) is 0 Å². The first-order valence-electron chi connectivity index (χ1n) is 5.90. The van der Waals surface area contributed by atoms with Gasteiger partial charge in [-0.25, -0.2) is 0 Å². The Balaban J connectivity index is 2.37. The van der Waals surface area contributed by atoms with Crippen LogP contribution in [0, 0.1) is 0 Å². The van der Waals surface area contributed by atoms with E-state index in [-0.39, 0.29) is 0 Å². The summed E-state index contributed by atoms with van der Waals surface area (Å²) in [5.41, 5.74) is 1.20. The smallest absolute Gasteiger partial charge is 0.122 e. The highest BCUT2D eigenvalue weighted by Gasteiger charge is 2.00. The highest BCUT2D eigenvalue weighted by atomic mass is 16.5. The molecule has 0 amide bonds. The lowest BCUT2D eigenvalue weighted by molar-refractivity contribution is 0.311. The molecule has 0 aliphatic rings. The van der Waals surface area contributed by atoms with Gasteiger partial charge in [0, 0.05) is 6.54 Å². The quantitative estimate of drug-likeness (QED) is 0.536. The zero-order valence-electron chi connectivity index (χ0n) is 10.0. The zero-order chi connectivity index (χ0) is 11.6. The highest BCUT2D eigenvalue weighted by Crippen LogP contribution is 2.18. The minimum absolute atomic E-state index is 0.716. The zero-order valence-corrected chi connectivity index (χ0v) is 10.0. The molecule has 0 aromatic heterocycles. The fraction of sp³-hybridized carbons (Fsp3) is 0.429. The lowest BCUT2D eigenvalue weighted by Gasteiger charge is -2.10. The number of ether oxygens (including phenoxy) is 1. The maximum Gasteiger partial charge on any atom is 0.122 e. The Bertz CT molecular complexity index is 309. The number of benzene rings is 1. The molecule has 0 bridgehead atoms. The van der Waals surface area contributed by atoms with Crippen LogP contribution in [-0.2, 0) is 6.42 Å². The molecule has 2 heteroatoms. The van der Waals surface area contributed by atoms with Crippen LogP contribution in [-0.4, -0.2) is 19.7 Å². The third-order valence-electron chi connectivity index (χ3n) is 2.30. The average molecular weight is 219 g/mol. The summed E-state index contributed by atoms with van der Waals surface area (Å²) in [6, 6.07) is 8.12. The number of hydrogen-bond donors (Lipinski definition) is 1. The molecule has 0 atom stereocenters. The molecule has 88 valence electrons. The van der Waals surface area contributed by atoms with E-state index in [0.717, 1.165) is 31.7 Å². The summed E-state index contributed by atoms with van der Waals surface area (Å²) in [5.74, 6) is 0.973. The molecule has 0 spiro atoms. The Morgan fingerprint density at radius 1 is 1.31 bits per heavy atom. The first kappa shape index (κ1) is 12.8. The van der Waals surface area contributed by atoms with Crippen molar-refractivity contribution < 1.29 is 4.74 Å². The van der Waals surface area contributed by atoms with Gasteiger partial charge in [-0.15, -0.1) is 6.58 Å². The van der Waals surface area contributed by atoms with Gasteiger partial charge in [0.05, 0.1) is 0 Å². The first-order valence-corrected chi connectivity index (χ1v) is 5.90. The van der Waals surface area contributed by atoms with E-state index in [4.69, 9.17) is 4.74 Å². The monoisotopic (exact) mass is 219 g/mol. The first-order chi connectivity index (χ1) is 7.88. The molecule has 0 saturated carbocycles. The molecule has 1 aromatic carbocycles. The fourth-order valence-electron chi connectivity index (χ4n) is 1.50. The Morgan fingerprint density at radius 2 is 2.12 bits per heavy atom. The minimum atomic E-state index is 0.716. The average Bonchev–Trinajstić information content (AvgIpc) is 2.31. The standard InChI is InChI=1S/C14H21NO/c1-3-7-13-8-5-6-9-14(13)16-12-11-15-10-4-2/h3,5-6,8-9,15H,1,4,7,10-12H2,2H3. The summed E-state index contributed by atoms with van der Waals surface area (Å²) in [5, 5.41) is 3.31. The highest BCUT2D eigenvalue weighted by molar-refractivity contribution is 5.34. The number of para-hydroxylation sites is 1. The van der Waals surface area contributed by atoms with E-state index in [1.807, 2.05) is 24.3 Å². The normalized spacial score (nSPS) is 10.1. The summed E-state index contributed by atoms with van der Waals surface area (Å²) in [4.78, 5) is 0. The summed E-state index contributed by atoms with van der Waals surface area (Å²) in [6.45, 7) is 8.58. The van der Waals surface area contributed by atoms with Crippen LogP contribution in [0.4, 0.5) is 0 Å². The fourth-order valence-corrected chi connectivity index (χ4v) is 1.50. The molecular weight excluding hydrogens is 198 g/mol. The van der Waals surface area contributed by atoms with Crippen molar-refractivity contribution in [3.05, 3.63) is 42.5 Å². The Morgan fingerprint density at radius 3 is 2.88 bits per heavy atom. The number of nitrogens with one attached hydrogen (secondary N) is 1. The molecule has 0 radical (unpaired) electrons. The van der Waals surface area contributed by atoms with Gasteiger partial charge in [0.1, 0.15) is 12.4 Å². The lowest BCUT2D eigenvalue weighted by Crippen LogP contribution is -2.21. The van der Waals surface area contributed by atoms with Crippen LogP contribution in [0.5, 0.6) is 5.75 Å². The van der Waals surface area contributed by atoms with Crippen LogP contribution in [0.1, 0.15) is 18.9 Å². The van der Waals surface area contributed by atoms with Crippen LogP contribution < -0.4 is 10.1 Å². The summed E-state index contributed by atoms with van der Waals surface area (Å²) < 4.78 is 5.73. The van der Waals surface area contributed by atoms with Crippen molar-refractivity contribution in [3.8, 4) is 5.75 Å². The van der Waals surface area contributed by atoms with Crippen LogP contribution in [0.25, 0.3) is 0 Å². The van der Waals surface area contributed by atoms with Gasteiger partial charge in [0.15, 0.2) is 0 Å². The van der Waals surface area contributed by atoms with E-state index >= 15 is 0 Å². The minimum Gasteiger partial charge on any atom is -0.492 e. The molecule has 2 nitrogen and oxygen atoms in total. The predicted octanol–water partition coefficient (Wildman–Crippen LogP) is 2.79. The van der Waals surface area contributed by atoms with Gasteiger partial charge >= 0.3 is 0 Å². The van der Waals surface area contributed by atoms with Crippen molar-refractivity contribution in [1.82, 2.24) is 5.32 Å². The van der Waals surface area contributed by atoms with Crippen LogP contribution in [0.3, 0.4) is 0 Å². The van der Waals surface area contributed by atoms with Gasteiger partial charge in [-0.2, -0.15) is 0 Å². The third kappa shape index (κ3) is 4.49. The molecule has 1 N–H and O–H groups in total. The predicted molar refractivity (Wildman–Crippen MR) is 69.0 cm³/mol. The van der Waals surface area contributed by atoms with Crippen molar-refractivity contribution >= 4 is 0 Å². The Hall–Kier alpha value is -1.28. The van der Waals surface area contributed by atoms with Gasteiger partial charge in [-0.05, 0) is 31.0 Å². The Labute approximate surface area is 98.3 Å². The SMILES string of the molecule is C=CCc1ccccc1OCCNCCC. The van der Waals surface area contributed by atoms with Gasteiger partial charge in [-0.1, -0.05) is 31.2 Å². The van der Waals surface area contributed by atoms with E-state index in [1.54, 1.807) is 0 Å². The van der Waals surface area contributed by atoms with Gasteiger partial charge in [0.2, 0.25) is 0 Å². The molecule has 1 aromatic rings. The second-order valence-corrected chi connectivity index (χ2v) is 3.70. The van der Waals surface area contributed by atoms with Gasteiger partial charge < -0.3 is 10.1 Å². The van der Waals surface area contributed by atoms with Crippen LogP contribution >= 0.6 is 0 Å². The molecule has 0 heterocycles. The molecule has 0 aliphatic carbocycles. The van der Waals surface area contributed by atoms with Crippen LogP contribution in [0.2, 0.25) is 0 Å². The van der Waals surface area contributed by atoms with Crippen LogP contribution in [0.15, 0.2) is 36.9 Å². The van der Waals surface area contributed by atoms with E-state index in [0.29, 0.717) is 6.61 Å². The van der Waals surface area contributed by atoms with Crippen molar-refractivity contribution in [2.75, 3.05) is 19.7 Å². The number of hydrogen-bond acceptors (Lipinski definition) is 2. The molecule has 0 fully saturated rings. The Kier molecular flexibility index (Phi) is 6.35. The van der Waals surface area contributed by atoms with Crippen molar-refractivity contribution in [1.29, 1.82) is 0 Å². The maximum absolute atomic E-state index is 5.73. The van der Waals surface area contributed by atoms with Crippen molar-refractivity contribution in [3.63, 3.8) is 0 Å². The topological polar surface area (TPSA) is 21.3 Å². The number of rotatable bonds is 8. The molecule has 0 aliphatic heterocycles. The van der Waals surface area contributed by atoms with E-state index < -0.39 is 0 Å². The molecule has 16 heavy (non-hydrogen) atoms. The van der Waals surface area contributed by atoms with Crippen molar-refractivity contribution in [2.24, 2.45) is 0 Å². The van der Waals surface area contributed by atoms with Gasteiger partial charge in [-0.3, -0.25) is 0 Å². The van der Waals surface area contributed by atoms with Crippen molar-refractivity contribution in [2.45, 2.75) is 19.8 Å². The van der Waals surface area contributed by atoms with E-state index in [1.165, 1.54) is 5.56 Å². The number of allylic oxidation sites excluding steroid dienone is 1. The molecule has 0 saturated heterocycles. The van der Waals surface area contributed by atoms with E-state index in [2.05, 4.69) is 24.9 Å². The summed E-state index contributed by atoms with van der Waals surface area (Å²) in [7, 11) is 0. The second kappa shape index (κ2) is 7.94. The summed E-state index contributed by atoms with van der Waals surface area (Å²) >= 11 is 0. The molecular formula is C14H21NO. The van der Waals surface area contributed by atoms with E-state index in [9.17, 15) is 0 Å². The molecule has 0 unspecified atom stereocenters. The maximum atomic E-state index is 5.73. The largest absolute Gasteiger partial charge is 0.492 e. The third-order valence-corrected chi connectivity index (χ3v) is 2.30. The molecule has 1 rings (SSSR count).